The molecule has 0 aliphatic carbocycles. The number of amides is 1. The summed E-state index contributed by atoms with van der Waals surface area (Å²) in [6.45, 7) is 2.34. The minimum absolute atomic E-state index is 0.0219. The number of ketones is 2. The third-order valence-corrected chi connectivity index (χ3v) is 3.47. The predicted molar refractivity (Wildman–Crippen MR) is 85.1 cm³/mol. The van der Waals surface area contributed by atoms with Crippen LogP contribution in [0.2, 0.25) is 0 Å². The molecule has 0 aromatic heterocycles. The van der Waals surface area contributed by atoms with E-state index in [2.05, 4.69) is 16.0 Å². The first-order valence-electron chi connectivity index (χ1n) is 7.54. The van der Waals surface area contributed by atoms with Crippen molar-refractivity contribution in [2.75, 3.05) is 27.2 Å². The van der Waals surface area contributed by atoms with Gasteiger partial charge in [0.25, 0.3) is 0 Å². The SMILES string of the molecule is CNCCCCC(NC)C(=O)CNC(CC(=O)NN)C(C)=O. The average Bonchev–Trinajstić information content (AvgIpc) is 2.50. The third-order valence-electron chi connectivity index (χ3n) is 3.47. The minimum atomic E-state index is -0.700. The summed E-state index contributed by atoms with van der Waals surface area (Å²) in [5.74, 6) is 4.33. The number of carbonyl (C=O) groups excluding carboxylic acids is 3. The Bertz CT molecular complexity index is 362. The summed E-state index contributed by atoms with van der Waals surface area (Å²) in [5.41, 5.74) is 1.98. The van der Waals surface area contributed by atoms with Crippen LogP contribution in [0.5, 0.6) is 0 Å². The van der Waals surface area contributed by atoms with Crippen molar-refractivity contribution in [3.8, 4) is 0 Å². The Hall–Kier alpha value is -1.35. The van der Waals surface area contributed by atoms with Crippen molar-refractivity contribution < 1.29 is 14.4 Å². The standard InChI is InChI=1S/C14H29N5O3/c1-10(20)12(8-14(22)19-15)18-9-13(21)11(17-3)6-4-5-7-16-2/h11-12,16-18H,4-9,15H2,1-3H3,(H,19,22). The second-order valence-electron chi connectivity index (χ2n) is 5.22. The Morgan fingerprint density at radius 2 is 1.77 bits per heavy atom. The van der Waals surface area contributed by atoms with Gasteiger partial charge in [-0.3, -0.25) is 19.8 Å². The van der Waals surface area contributed by atoms with Gasteiger partial charge >= 0.3 is 0 Å². The predicted octanol–water partition coefficient (Wildman–Crippen LogP) is -1.54. The summed E-state index contributed by atoms with van der Waals surface area (Å²) < 4.78 is 0. The van der Waals surface area contributed by atoms with E-state index in [1.54, 1.807) is 7.05 Å². The lowest BCUT2D eigenvalue weighted by Gasteiger charge is -2.18. The highest BCUT2D eigenvalue weighted by Gasteiger charge is 2.21. The van der Waals surface area contributed by atoms with Gasteiger partial charge in [0.15, 0.2) is 5.78 Å². The van der Waals surface area contributed by atoms with Crippen LogP contribution in [-0.2, 0) is 14.4 Å². The van der Waals surface area contributed by atoms with Gasteiger partial charge in [0.1, 0.15) is 5.78 Å². The van der Waals surface area contributed by atoms with Gasteiger partial charge in [-0.25, -0.2) is 5.84 Å². The average molecular weight is 315 g/mol. The molecule has 128 valence electrons. The summed E-state index contributed by atoms with van der Waals surface area (Å²) >= 11 is 0. The second-order valence-corrected chi connectivity index (χ2v) is 5.22. The molecule has 0 rings (SSSR count). The number of nitrogens with one attached hydrogen (secondary N) is 4. The van der Waals surface area contributed by atoms with Crippen molar-refractivity contribution >= 4 is 17.5 Å². The van der Waals surface area contributed by atoms with Gasteiger partial charge in [-0.2, -0.15) is 0 Å². The number of hydrogen-bond acceptors (Lipinski definition) is 7. The quantitative estimate of drug-likeness (QED) is 0.121. The van der Waals surface area contributed by atoms with Gasteiger partial charge in [0.05, 0.1) is 25.0 Å². The van der Waals surface area contributed by atoms with Gasteiger partial charge in [-0.05, 0) is 40.4 Å². The molecule has 8 heteroatoms. The molecule has 22 heavy (non-hydrogen) atoms. The van der Waals surface area contributed by atoms with Gasteiger partial charge in [0.2, 0.25) is 5.91 Å². The molecule has 0 aliphatic rings. The number of rotatable bonds is 13. The molecule has 0 radical (unpaired) electrons. The van der Waals surface area contributed by atoms with E-state index < -0.39 is 11.9 Å². The number of hydrogen-bond donors (Lipinski definition) is 5. The number of likely N-dealkylation sites (N-methyl/N-ethyl adjacent to an activating group) is 1. The zero-order chi connectivity index (χ0) is 17.0. The van der Waals surface area contributed by atoms with Crippen molar-refractivity contribution in [1.29, 1.82) is 0 Å². The topological polar surface area (TPSA) is 125 Å². The Morgan fingerprint density at radius 3 is 2.27 bits per heavy atom. The van der Waals surface area contributed by atoms with E-state index >= 15 is 0 Å². The molecular weight excluding hydrogens is 286 g/mol. The minimum Gasteiger partial charge on any atom is -0.320 e. The van der Waals surface area contributed by atoms with Crippen LogP contribution in [0.4, 0.5) is 0 Å². The highest BCUT2D eigenvalue weighted by Crippen LogP contribution is 2.02. The lowest BCUT2D eigenvalue weighted by molar-refractivity contribution is -0.127. The number of nitrogens with two attached hydrogens (primary N) is 1. The molecule has 6 N–H and O–H groups in total. The molecule has 0 saturated heterocycles. The first kappa shape index (κ1) is 20.6. The maximum Gasteiger partial charge on any atom is 0.235 e. The van der Waals surface area contributed by atoms with Crippen molar-refractivity contribution in [2.24, 2.45) is 5.84 Å². The fourth-order valence-electron chi connectivity index (χ4n) is 2.07. The van der Waals surface area contributed by atoms with E-state index in [1.807, 2.05) is 12.5 Å². The summed E-state index contributed by atoms with van der Waals surface area (Å²) in [7, 11) is 3.63. The molecule has 8 nitrogen and oxygen atoms in total. The molecule has 0 bridgehead atoms. The molecule has 2 atom stereocenters. The third kappa shape index (κ3) is 8.83. The van der Waals surface area contributed by atoms with Crippen LogP contribution in [0.25, 0.3) is 0 Å². The Morgan fingerprint density at radius 1 is 1.09 bits per heavy atom. The molecule has 0 spiro atoms. The van der Waals surface area contributed by atoms with Gasteiger partial charge in [-0.1, -0.05) is 6.42 Å². The van der Waals surface area contributed by atoms with Gasteiger partial charge < -0.3 is 16.0 Å². The lowest BCUT2D eigenvalue weighted by atomic mass is 10.0. The van der Waals surface area contributed by atoms with Crippen molar-refractivity contribution in [1.82, 2.24) is 21.4 Å². The van der Waals surface area contributed by atoms with Crippen LogP contribution in [0, 0.1) is 0 Å². The van der Waals surface area contributed by atoms with E-state index in [0.717, 1.165) is 25.8 Å². The molecule has 0 aliphatic heterocycles. The van der Waals surface area contributed by atoms with Crippen molar-refractivity contribution in [3.63, 3.8) is 0 Å². The second kappa shape index (κ2) is 12.2. The molecule has 0 aromatic carbocycles. The Kier molecular flexibility index (Phi) is 11.5. The van der Waals surface area contributed by atoms with Crippen LogP contribution in [-0.4, -0.2) is 56.7 Å². The molecule has 1 amide bonds. The highest BCUT2D eigenvalue weighted by atomic mass is 16.2. The van der Waals surface area contributed by atoms with E-state index in [0.29, 0.717) is 0 Å². The first-order chi connectivity index (χ1) is 10.5. The molecule has 2 unspecified atom stereocenters. The highest BCUT2D eigenvalue weighted by molar-refractivity contribution is 5.90. The summed E-state index contributed by atoms with van der Waals surface area (Å²) in [4.78, 5) is 34.8. The molecular formula is C14H29N5O3. The largest absolute Gasteiger partial charge is 0.320 e. The van der Waals surface area contributed by atoms with E-state index in [1.165, 1.54) is 6.92 Å². The molecule has 0 heterocycles. The lowest BCUT2D eigenvalue weighted by Crippen LogP contribution is -2.47. The Labute approximate surface area is 131 Å². The van der Waals surface area contributed by atoms with Crippen molar-refractivity contribution in [2.45, 2.75) is 44.7 Å². The van der Waals surface area contributed by atoms with Crippen molar-refractivity contribution in [3.05, 3.63) is 0 Å². The van der Waals surface area contributed by atoms with E-state index in [9.17, 15) is 14.4 Å². The number of unbranched alkanes of at least 4 members (excludes halogenated alkanes) is 1. The molecule has 0 aromatic rings. The first-order valence-corrected chi connectivity index (χ1v) is 7.54. The fraction of sp³-hybridized carbons (Fsp3) is 0.786. The van der Waals surface area contributed by atoms with Gasteiger partial charge in [-0.15, -0.1) is 0 Å². The van der Waals surface area contributed by atoms with Gasteiger partial charge in [0, 0.05) is 0 Å². The van der Waals surface area contributed by atoms with Crippen LogP contribution in [0.1, 0.15) is 32.6 Å². The summed E-state index contributed by atoms with van der Waals surface area (Å²) in [6.07, 6.45) is 2.60. The summed E-state index contributed by atoms with van der Waals surface area (Å²) in [5, 5.41) is 8.88. The van der Waals surface area contributed by atoms with Crippen LogP contribution >= 0.6 is 0 Å². The number of carbonyl (C=O) groups is 3. The Balaban J connectivity index is 4.28. The van der Waals surface area contributed by atoms with Crippen LogP contribution in [0.3, 0.4) is 0 Å². The van der Waals surface area contributed by atoms with Crippen LogP contribution in [0.15, 0.2) is 0 Å². The van der Waals surface area contributed by atoms with E-state index in [-0.39, 0.29) is 30.6 Å². The monoisotopic (exact) mass is 315 g/mol. The fourth-order valence-corrected chi connectivity index (χ4v) is 2.07. The smallest absolute Gasteiger partial charge is 0.235 e. The number of Topliss-reactive ketones (excluding diaryl/α,β-unsaturated/α-hetero) is 2. The zero-order valence-electron chi connectivity index (χ0n) is 13.7. The van der Waals surface area contributed by atoms with Crippen LogP contribution < -0.4 is 27.2 Å². The van der Waals surface area contributed by atoms with E-state index in [4.69, 9.17) is 5.84 Å². The number of hydrazine groups is 1. The molecule has 0 saturated carbocycles. The zero-order valence-corrected chi connectivity index (χ0v) is 13.7. The normalized spacial score (nSPS) is 13.5. The maximum absolute atomic E-state index is 12.1. The molecule has 0 fully saturated rings. The maximum atomic E-state index is 12.1. The summed E-state index contributed by atoms with van der Waals surface area (Å²) in [6, 6.07) is -0.949.